The molecule has 2 nitrogen and oxygen atoms in total. The van der Waals surface area contributed by atoms with Crippen LogP contribution >= 0.6 is 23.1 Å². The Morgan fingerprint density at radius 2 is 2.26 bits per heavy atom. The van der Waals surface area contributed by atoms with Gasteiger partial charge in [0.25, 0.3) is 0 Å². The molecule has 0 saturated carbocycles. The van der Waals surface area contributed by atoms with Gasteiger partial charge in [0.05, 0.1) is 10.7 Å². The summed E-state index contributed by atoms with van der Waals surface area (Å²) in [6.45, 7) is 4.17. The van der Waals surface area contributed by atoms with Gasteiger partial charge in [0.1, 0.15) is 0 Å². The molecular formula is C15H18N2S2. The smallest absolute Gasteiger partial charge is 0.0897 e. The Hall–Kier alpha value is -0.840. The Kier molecular flexibility index (Phi) is 4.21. The Morgan fingerprint density at radius 3 is 3.05 bits per heavy atom. The van der Waals surface area contributed by atoms with E-state index in [1.165, 1.54) is 22.6 Å². The number of fused-ring (bicyclic) bond motifs is 1. The third-order valence-corrected chi connectivity index (χ3v) is 5.45. The van der Waals surface area contributed by atoms with Gasteiger partial charge in [-0.25, -0.2) is 4.98 Å². The zero-order chi connectivity index (χ0) is 13.1. The molecule has 4 heteroatoms. The van der Waals surface area contributed by atoms with E-state index in [-0.39, 0.29) is 0 Å². The van der Waals surface area contributed by atoms with E-state index in [2.05, 4.69) is 46.9 Å². The molecule has 0 aliphatic carbocycles. The lowest BCUT2D eigenvalue weighted by Gasteiger charge is -2.09. The summed E-state index contributed by atoms with van der Waals surface area (Å²) in [5.41, 5.74) is 2.73. The van der Waals surface area contributed by atoms with Gasteiger partial charge in [0, 0.05) is 35.0 Å². The van der Waals surface area contributed by atoms with Crippen molar-refractivity contribution in [3.05, 3.63) is 45.9 Å². The second kappa shape index (κ2) is 6.07. The zero-order valence-corrected chi connectivity index (χ0v) is 12.7. The summed E-state index contributed by atoms with van der Waals surface area (Å²) in [6.07, 6.45) is 2.23. The van der Waals surface area contributed by atoms with Crippen LogP contribution in [0.15, 0.2) is 34.5 Å². The largest absolute Gasteiger partial charge is 0.315 e. The molecule has 19 heavy (non-hydrogen) atoms. The van der Waals surface area contributed by atoms with Crippen LogP contribution in [0.4, 0.5) is 0 Å². The van der Waals surface area contributed by atoms with Crippen molar-refractivity contribution in [2.45, 2.75) is 29.9 Å². The molecule has 0 radical (unpaired) electrons. The maximum absolute atomic E-state index is 4.49. The predicted octanol–water partition coefficient (Wildman–Crippen LogP) is 3.30. The summed E-state index contributed by atoms with van der Waals surface area (Å²) >= 11 is 3.75. The average Bonchev–Trinajstić information content (AvgIpc) is 3.00. The highest BCUT2D eigenvalue weighted by Crippen LogP contribution is 2.36. The molecule has 1 aliphatic rings. The average molecular weight is 290 g/mol. The normalized spacial score (nSPS) is 17.6. The number of hydrogen-bond donors (Lipinski definition) is 1. The molecule has 2 heterocycles. The monoisotopic (exact) mass is 290 g/mol. The number of thiazole rings is 1. The lowest BCUT2D eigenvalue weighted by molar-refractivity contribution is 0.658. The molecule has 0 spiro atoms. The molecule has 1 atom stereocenters. The molecule has 2 aromatic rings. The van der Waals surface area contributed by atoms with Crippen molar-refractivity contribution < 1.29 is 0 Å². The van der Waals surface area contributed by atoms with Gasteiger partial charge >= 0.3 is 0 Å². The summed E-state index contributed by atoms with van der Waals surface area (Å²) in [5, 5.41) is 7.58. The van der Waals surface area contributed by atoms with E-state index in [4.69, 9.17) is 0 Å². The number of nitrogens with zero attached hydrogens (tertiary/aromatic N) is 1. The first kappa shape index (κ1) is 13.2. The van der Waals surface area contributed by atoms with Gasteiger partial charge in [-0.05, 0) is 25.0 Å². The van der Waals surface area contributed by atoms with Crippen molar-refractivity contribution in [3.63, 3.8) is 0 Å². The van der Waals surface area contributed by atoms with E-state index in [0.717, 1.165) is 24.5 Å². The standard InChI is InChI=1S/C15H18N2S2/c1-11-17-13(10-18-11)6-7-16-9-14-8-12-4-2-3-5-15(12)19-14/h2-5,10,14,16H,6-9H2,1H3. The maximum Gasteiger partial charge on any atom is 0.0897 e. The number of aryl methyl sites for hydroxylation is 1. The number of thioether (sulfide) groups is 1. The summed E-state index contributed by atoms with van der Waals surface area (Å²) < 4.78 is 0. The quantitative estimate of drug-likeness (QED) is 0.855. The van der Waals surface area contributed by atoms with Gasteiger partial charge in [-0.3, -0.25) is 0 Å². The van der Waals surface area contributed by atoms with Gasteiger partial charge in [-0.15, -0.1) is 23.1 Å². The minimum Gasteiger partial charge on any atom is -0.315 e. The van der Waals surface area contributed by atoms with Crippen LogP contribution in [0.3, 0.4) is 0 Å². The fourth-order valence-electron chi connectivity index (χ4n) is 2.37. The van der Waals surface area contributed by atoms with Gasteiger partial charge in [-0.1, -0.05) is 18.2 Å². The van der Waals surface area contributed by atoms with Gasteiger partial charge < -0.3 is 5.32 Å². The fourth-order valence-corrected chi connectivity index (χ4v) is 4.30. The van der Waals surface area contributed by atoms with E-state index < -0.39 is 0 Å². The minimum atomic E-state index is 0.689. The SMILES string of the molecule is Cc1nc(CCNCC2Cc3ccccc3S2)cs1. The first-order chi connectivity index (χ1) is 9.31. The van der Waals surface area contributed by atoms with E-state index in [0.29, 0.717) is 5.25 Å². The first-order valence-corrected chi connectivity index (χ1v) is 8.43. The molecule has 0 saturated heterocycles. The van der Waals surface area contributed by atoms with Crippen LogP contribution in [-0.2, 0) is 12.8 Å². The van der Waals surface area contributed by atoms with Crippen LogP contribution in [0.25, 0.3) is 0 Å². The van der Waals surface area contributed by atoms with Gasteiger partial charge in [0.2, 0.25) is 0 Å². The number of aromatic nitrogens is 1. The number of hydrogen-bond acceptors (Lipinski definition) is 4. The summed E-state index contributed by atoms with van der Waals surface area (Å²) in [7, 11) is 0. The molecule has 1 unspecified atom stereocenters. The third-order valence-electron chi connectivity index (χ3n) is 3.31. The second-order valence-electron chi connectivity index (χ2n) is 4.86. The Labute approximate surface area is 122 Å². The van der Waals surface area contributed by atoms with Crippen LogP contribution < -0.4 is 5.32 Å². The molecule has 1 aromatic heterocycles. The van der Waals surface area contributed by atoms with E-state index in [9.17, 15) is 0 Å². The van der Waals surface area contributed by atoms with Crippen LogP contribution in [-0.4, -0.2) is 23.3 Å². The minimum absolute atomic E-state index is 0.689. The van der Waals surface area contributed by atoms with Crippen LogP contribution in [0.2, 0.25) is 0 Å². The van der Waals surface area contributed by atoms with Crippen molar-refractivity contribution >= 4 is 23.1 Å². The highest BCUT2D eigenvalue weighted by atomic mass is 32.2. The molecule has 1 aromatic carbocycles. The second-order valence-corrected chi connectivity index (χ2v) is 7.27. The number of benzene rings is 1. The lowest BCUT2D eigenvalue weighted by Crippen LogP contribution is -2.26. The highest BCUT2D eigenvalue weighted by Gasteiger charge is 2.20. The molecule has 3 rings (SSSR count). The van der Waals surface area contributed by atoms with E-state index >= 15 is 0 Å². The molecule has 0 bridgehead atoms. The van der Waals surface area contributed by atoms with Crippen LogP contribution in [0.1, 0.15) is 16.3 Å². The Morgan fingerprint density at radius 1 is 1.37 bits per heavy atom. The lowest BCUT2D eigenvalue weighted by atomic mass is 10.1. The van der Waals surface area contributed by atoms with E-state index in [1.54, 1.807) is 11.3 Å². The number of rotatable bonds is 5. The molecule has 1 aliphatic heterocycles. The summed E-state index contributed by atoms with van der Waals surface area (Å²) in [4.78, 5) is 5.95. The van der Waals surface area contributed by atoms with Crippen molar-refractivity contribution in [2.75, 3.05) is 13.1 Å². The molecule has 0 amide bonds. The van der Waals surface area contributed by atoms with Gasteiger partial charge in [-0.2, -0.15) is 0 Å². The predicted molar refractivity (Wildman–Crippen MR) is 83.2 cm³/mol. The summed E-state index contributed by atoms with van der Waals surface area (Å²) in [5.74, 6) is 0. The molecule has 0 fully saturated rings. The molecular weight excluding hydrogens is 272 g/mol. The van der Waals surface area contributed by atoms with Crippen molar-refractivity contribution in [1.82, 2.24) is 10.3 Å². The van der Waals surface area contributed by atoms with Crippen LogP contribution in [0.5, 0.6) is 0 Å². The third kappa shape index (κ3) is 3.38. The fraction of sp³-hybridized carbons (Fsp3) is 0.400. The van der Waals surface area contributed by atoms with Crippen molar-refractivity contribution in [3.8, 4) is 0 Å². The highest BCUT2D eigenvalue weighted by molar-refractivity contribution is 8.00. The van der Waals surface area contributed by atoms with E-state index in [1.807, 2.05) is 11.8 Å². The zero-order valence-electron chi connectivity index (χ0n) is 11.1. The molecule has 100 valence electrons. The Balaban J connectivity index is 1.40. The maximum atomic E-state index is 4.49. The topological polar surface area (TPSA) is 24.9 Å². The molecule has 1 N–H and O–H groups in total. The van der Waals surface area contributed by atoms with Gasteiger partial charge in [0.15, 0.2) is 0 Å². The van der Waals surface area contributed by atoms with Crippen LogP contribution in [0, 0.1) is 6.92 Å². The van der Waals surface area contributed by atoms with Crippen molar-refractivity contribution in [1.29, 1.82) is 0 Å². The Bertz CT molecular complexity index is 526. The number of nitrogens with one attached hydrogen (secondary N) is 1. The summed E-state index contributed by atoms with van der Waals surface area (Å²) in [6, 6.07) is 8.75. The van der Waals surface area contributed by atoms with Crippen molar-refractivity contribution in [2.24, 2.45) is 0 Å². The first-order valence-electron chi connectivity index (χ1n) is 6.67.